The van der Waals surface area contributed by atoms with Crippen LogP contribution in [-0.2, 0) is 11.3 Å². The molecule has 0 spiro atoms. The normalized spacial score (nSPS) is 18.7. The molecule has 1 fully saturated rings. The van der Waals surface area contributed by atoms with E-state index in [-0.39, 0.29) is 6.10 Å². The minimum Gasteiger partial charge on any atom is -0.370 e. The van der Waals surface area contributed by atoms with Gasteiger partial charge in [-0.1, -0.05) is 29.4 Å². The molecule has 1 aromatic heterocycles. The third-order valence-electron chi connectivity index (χ3n) is 4.09. The zero-order valence-corrected chi connectivity index (χ0v) is 14.3. The number of guanidine groups is 1. The van der Waals surface area contributed by atoms with Crippen LogP contribution in [-0.4, -0.2) is 47.7 Å². The number of nitrogens with one attached hydrogen (secondary N) is 1. The molecule has 1 unspecified atom stereocenters. The zero-order valence-electron chi connectivity index (χ0n) is 14.3. The van der Waals surface area contributed by atoms with E-state index < -0.39 is 0 Å². The number of aryl methyl sites for hydroxylation is 2. The van der Waals surface area contributed by atoms with Crippen molar-refractivity contribution in [3.63, 3.8) is 0 Å². The lowest BCUT2D eigenvalue weighted by molar-refractivity contribution is -0.00835. The van der Waals surface area contributed by atoms with Gasteiger partial charge < -0.3 is 19.5 Å². The Morgan fingerprint density at radius 3 is 2.92 bits per heavy atom. The molecular formula is C17H23N5O2. The van der Waals surface area contributed by atoms with Crippen LogP contribution in [0.15, 0.2) is 33.8 Å². The Labute approximate surface area is 141 Å². The van der Waals surface area contributed by atoms with E-state index in [1.807, 2.05) is 6.07 Å². The zero-order chi connectivity index (χ0) is 16.9. The van der Waals surface area contributed by atoms with E-state index in [0.29, 0.717) is 24.9 Å². The lowest BCUT2D eigenvalue weighted by Crippen LogP contribution is -2.48. The lowest BCUT2D eigenvalue weighted by atomic mass is 10.0. The SMILES string of the molecule is CN=C(NCc1noc(C)n1)N1CCOC(c2ccccc2C)C1. The summed E-state index contributed by atoms with van der Waals surface area (Å²) < 4.78 is 11.0. The van der Waals surface area contributed by atoms with Crippen LogP contribution in [0.25, 0.3) is 0 Å². The first kappa shape index (κ1) is 16.4. The second-order valence-corrected chi connectivity index (χ2v) is 5.79. The monoisotopic (exact) mass is 329 g/mol. The molecule has 24 heavy (non-hydrogen) atoms. The molecule has 1 saturated heterocycles. The molecule has 1 N–H and O–H groups in total. The molecule has 0 amide bonds. The lowest BCUT2D eigenvalue weighted by Gasteiger charge is -2.35. The Bertz CT molecular complexity index is 713. The van der Waals surface area contributed by atoms with Crippen LogP contribution in [0.4, 0.5) is 0 Å². The van der Waals surface area contributed by atoms with Crippen LogP contribution < -0.4 is 5.32 Å². The van der Waals surface area contributed by atoms with Crippen LogP contribution in [0, 0.1) is 13.8 Å². The summed E-state index contributed by atoms with van der Waals surface area (Å²) in [7, 11) is 1.78. The second kappa shape index (κ2) is 7.44. The van der Waals surface area contributed by atoms with Crippen LogP contribution in [0.3, 0.4) is 0 Å². The standard InChI is InChI=1S/C17H23N5O2/c1-12-6-4-5-7-14(12)15-11-22(8-9-23-15)17(18-3)19-10-16-20-13(2)24-21-16/h4-7,15H,8-11H2,1-3H3,(H,18,19). The Morgan fingerprint density at radius 1 is 1.38 bits per heavy atom. The molecule has 2 heterocycles. The topological polar surface area (TPSA) is 75.8 Å². The maximum atomic E-state index is 5.97. The van der Waals surface area contributed by atoms with Crippen LogP contribution in [0.1, 0.15) is 28.9 Å². The van der Waals surface area contributed by atoms with Crippen molar-refractivity contribution in [2.24, 2.45) is 4.99 Å². The number of hydrogen-bond acceptors (Lipinski definition) is 5. The van der Waals surface area contributed by atoms with Gasteiger partial charge >= 0.3 is 0 Å². The number of nitrogens with zero attached hydrogens (tertiary/aromatic N) is 4. The maximum absolute atomic E-state index is 5.97. The number of rotatable bonds is 3. The van der Waals surface area contributed by atoms with Gasteiger partial charge in [-0.2, -0.15) is 4.98 Å². The molecule has 128 valence electrons. The van der Waals surface area contributed by atoms with E-state index in [0.717, 1.165) is 19.0 Å². The Kier molecular flexibility index (Phi) is 5.10. The molecule has 0 saturated carbocycles. The molecule has 0 bridgehead atoms. The Balaban J connectivity index is 1.65. The summed E-state index contributed by atoms with van der Waals surface area (Å²) in [6, 6.07) is 8.34. The fourth-order valence-corrected chi connectivity index (χ4v) is 2.88. The van der Waals surface area contributed by atoms with E-state index in [2.05, 4.69) is 50.5 Å². The highest BCUT2D eigenvalue weighted by atomic mass is 16.5. The molecule has 7 heteroatoms. The number of morpholine rings is 1. The van der Waals surface area contributed by atoms with Crippen molar-refractivity contribution >= 4 is 5.96 Å². The van der Waals surface area contributed by atoms with Gasteiger partial charge in [0.25, 0.3) is 0 Å². The number of hydrogen-bond donors (Lipinski definition) is 1. The fourth-order valence-electron chi connectivity index (χ4n) is 2.88. The average molecular weight is 329 g/mol. The van der Waals surface area contributed by atoms with Crippen molar-refractivity contribution in [1.29, 1.82) is 0 Å². The van der Waals surface area contributed by atoms with E-state index in [4.69, 9.17) is 9.26 Å². The van der Waals surface area contributed by atoms with E-state index >= 15 is 0 Å². The Morgan fingerprint density at radius 2 is 2.21 bits per heavy atom. The van der Waals surface area contributed by atoms with Crippen LogP contribution >= 0.6 is 0 Å². The van der Waals surface area contributed by atoms with Gasteiger partial charge in [0.1, 0.15) is 6.10 Å². The largest absolute Gasteiger partial charge is 0.370 e. The molecular weight excluding hydrogens is 306 g/mol. The van der Waals surface area contributed by atoms with Crippen LogP contribution in [0.5, 0.6) is 0 Å². The quantitative estimate of drug-likeness (QED) is 0.684. The van der Waals surface area contributed by atoms with Gasteiger partial charge in [-0.05, 0) is 18.1 Å². The third-order valence-corrected chi connectivity index (χ3v) is 4.09. The highest BCUT2D eigenvalue weighted by Gasteiger charge is 2.25. The van der Waals surface area contributed by atoms with Crippen molar-refractivity contribution in [2.45, 2.75) is 26.5 Å². The number of aromatic nitrogens is 2. The van der Waals surface area contributed by atoms with E-state index in [1.165, 1.54) is 11.1 Å². The first-order valence-electron chi connectivity index (χ1n) is 8.09. The van der Waals surface area contributed by atoms with Gasteiger partial charge in [-0.25, -0.2) is 0 Å². The van der Waals surface area contributed by atoms with Gasteiger partial charge in [0, 0.05) is 20.5 Å². The van der Waals surface area contributed by atoms with E-state index in [1.54, 1.807) is 14.0 Å². The second-order valence-electron chi connectivity index (χ2n) is 5.79. The molecule has 3 rings (SSSR count). The Hall–Kier alpha value is -2.41. The van der Waals surface area contributed by atoms with Crippen molar-refractivity contribution in [3.8, 4) is 0 Å². The van der Waals surface area contributed by atoms with Gasteiger partial charge in [0.15, 0.2) is 11.8 Å². The van der Waals surface area contributed by atoms with Crippen molar-refractivity contribution in [1.82, 2.24) is 20.4 Å². The van der Waals surface area contributed by atoms with Gasteiger partial charge in [0.05, 0.1) is 19.7 Å². The number of aliphatic imine (C=N–C) groups is 1. The van der Waals surface area contributed by atoms with Crippen molar-refractivity contribution in [3.05, 3.63) is 47.1 Å². The highest BCUT2D eigenvalue weighted by Crippen LogP contribution is 2.24. The van der Waals surface area contributed by atoms with Gasteiger partial charge in [-0.15, -0.1) is 0 Å². The predicted molar refractivity (Wildman–Crippen MR) is 90.7 cm³/mol. The summed E-state index contributed by atoms with van der Waals surface area (Å²) in [4.78, 5) is 10.8. The smallest absolute Gasteiger partial charge is 0.223 e. The van der Waals surface area contributed by atoms with Gasteiger partial charge in [-0.3, -0.25) is 4.99 Å². The fraction of sp³-hybridized carbons (Fsp3) is 0.471. The summed E-state index contributed by atoms with van der Waals surface area (Å²) in [5.41, 5.74) is 2.47. The van der Waals surface area contributed by atoms with E-state index in [9.17, 15) is 0 Å². The molecule has 0 aliphatic carbocycles. The minimum absolute atomic E-state index is 0.0471. The van der Waals surface area contributed by atoms with Gasteiger partial charge in [0.2, 0.25) is 5.89 Å². The maximum Gasteiger partial charge on any atom is 0.223 e. The first-order valence-corrected chi connectivity index (χ1v) is 8.09. The minimum atomic E-state index is 0.0471. The summed E-state index contributed by atoms with van der Waals surface area (Å²) >= 11 is 0. The molecule has 0 radical (unpaired) electrons. The highest BCUT2D eigenvalue weighted by molar-refractivity contribution is 5.80. The average Bonchev–Trinajstić information content (AvgIpc) is 3.01. The summed E-state index contributed by atoms with van der Waals surface area (Å²) in [5, 5.41) is 7.19. The first-order chi connectivity index (χ1) is 11.7. The summed E-state index contributed by atoms with van der Waals surface area (Å²) in [5.74, 6) is 2.00. The number of benzene rings is 1. The molecule has 1 aromatic carbocycles. The molecule has 1 aliphatic heterocycles. The predicted octanol–water partition coefficient (Wildman–Crippen LogP) is 1.84. The summed E-state index contributed by atoms with van der Waals surface area (Å²) in [6.45, 7) is 6.60. The summed E-state index contributed by atoms with van der Waals surface area (Å²) in [6.07, 6.45) is 0.0471. The molecule has 2 aromatic rings. The third kappa shape index (κ3) is 3.73. The van der Waals surface area contributed by atoms with Crippen LogP contribution in [0.2, 0.25) is 0 Å². The van der Waals surface area contributed by atoms with Crippen molar-refractivity contribution in [2.75, 3.05) is 26.7 Å². The van der Waals surface area contributed by atoms with Crippen molar-refractivity contribution < 1.29 is 9.26 Å². The number of ether oxygens (including phenoxy) is 1. The molecule has 1 atom stereocenters. The molecule has 1 aliphatic rings. The molecule has 7 nitrogen and oxygen atoms in total.